The van der Waals surface area contributed by atoms with Crippen molar-refractivity contribution in [3.05, 3.63) is 41.3 Å². The van der Waals surface area contributed by atoms with Crippen molar-refractivity contribution < 1.29 is 9.13 Å². The van der Waals surface area contributed by atoms with Gasteiger partial charge in [0.05, 0.1) is 5.70 Å². The smallest absolute Gasteiger partial charge is 0.185 e. The SMILES string of the molecule is CC1=NC(=Cc2ccc(F)cc2)CO1. The summed E-state index contributed by atoms with van der Waals surface area (Å²) in [6.07, 6.45) is 1.88. The van der Waals surface area contributed by atoms with E-state index in [-0.39, 0.29) is 5.82 Å². The van der Waals surface area contributed by atoms with Crippen LogP contribution in [0, 0.1) is 5.82 Å². The molecule has 0 amide bonds. The van der Waals surface area contributed by atoms with E-state index in [1.807, 2.05) is 13.0 Å². The molecule has 0 saturated heterocycles. The lowest BCUT2D eigenvalue weighted by Crippen LogP contribution is -1.89. The summed E-state index contributed by atoms with van der Waals surface area (Å²) in [5.74, 6) is 0.452. The predicted octanol–water partition coefficient (Wildman–Crippen LogP) is 2.62. The molecule has 14 heavy (non-hydrogen) atoms. The first-order chi connectivity index (χ1) is 6.74. The minimum atomic E-state index is -0.227. The third kappa shape index (κ3) is 1.99. The van der Waals surface area contributed by atoms with Crippen LogP contribution in [0.25, 0.3) is 6.08 Å². The van der Waals surface area contributed by atoms with Crippen LogP contribution in [0.15, 0.2) is 35.0 Å². The van der Waals surface area contributed by atoms with Gasteiger partial charge in [0, 0.05) is 6.92 Å². The summed E-state index contributed by atoms with van der Waals surface area (Å²) in [7, 11) is 0. The van der Waals surface area contributed by atoms with Gasteiger partial charge in [-0.25, -0.2) is 9.38 Å². The maximum atomic E-state index is 12.6. The highest BCUT2D eigenvalue weighted by Crippen LogP contribution is 2.13. The van der Waals surface area contributed by atoms with Crippen LogP contribution >= 0.6 is 0 Å². The third-order valence-corrected chi connectivity index (χ3v) is 1.93. The van der Waals surface area contributed by atoms with E-state index in [2.05, 4.69) is 4.99 Å². The van der Waals surface area contributed by atoms with Crippen molar-refractivity contribution in [3.63, 3.8) is 0 Å². The van der Waals surface area contributed by atoms with E-state index in [1.165, 1.54) is 12.1 Å². The van der Waals surface area contributed by atoms with Gasteiger partial charge in [0.25, 0.3) is 0 Å². The molecule has 2 nitrogen and oxygen atoms in total. The molecule has 2 rings (SSSR count). The monoisotopic (exact) mass is 191 g/mol. The van der Waals surface area contributed by atoms with Crippen molar-refractivity contribution in [2.24, 2.45) is 4.99 Å². The van der Waals surface area contributed by atoms with Crippen molar-refractivity contribution >= 4 is 12.0 Å². The maximum Gasteiger partial charge on any atom is 0.185 e. The number of ether oxygens (including phenoxy) is 1. The van der Waals surface area contributed by atoms with Gasteiger partial charge >= 0.3 is 0 Å². The lowest BCUT2D eigenvalue weighted by atomic mass is 10.2. The topological polar surface area (TPSA) is 21.6 Å². The van der Waals surface area contributed by atoms with E-state index in [4.69, 9.17) is 4.74 Å². The minimum Gasteiger partial charge on any atom is -0.474 e. The zero-order valence-electron chi connectivity index (χ0n) is 7.83. The van der Waals surface area contributed by atoms with Crippen LogP contribution in [0.2, 0.25) is 0 Å². The number of rotatable bonds is 1. The molecule has 0 N–H and O–H groups in total. The second-order valence-corrected chi connectivity index (χ2v) is 3.11. The van der Waals surface area contributed by atoms with Gasteiger partial charge in [-0.3, -0.25) is 0 Å². The summed E-state index contributed by atoms with van der Waals surface area (Å²) in [6.45, 7) is 2.31. The molecule has 1 aliphatic rings. The molecular weight excluding hydrogens is 181 g/mol. The van der Waals surface area contributed by atoms with Crippen LogP contribution in [-0.4, -0.2) is 12.5 Å². The van der Waals surface area contributed by atoms with Gasteiger partial charge < -0.3 is 4.74 Å². The lowest BCUT2D eigenvalue weighted by molar-refractivity contribution is 0.361. The molecule has 1 aromatic rings. The average Bonchev–Trinajstić information content (AvgIpc) is 2.56. The summed E-state index contributed by atoms with van der Waals surface area (Å²) in [5, 5.41) is 0. The van der Waals surface area contributed by atoms with Crippen molar-refractivity contribution in [2.75, 3.05) is 6.61 Å². The van der Waals surface area contributed by atoms with Crippen LogP contribution in [-0.2, 0) is 4.74 Å². The van der Waals surface area contributed by atoms with Crippen molar-refractivity contribution in [1.82, 2.24) is 0 Å². The molecule has 0 aliphatic carbocycles. The van der Waals surface area contributed by atoms with E-state index < -0.39 is 0 Å². The van der Waals surface area contributed by atoms with Crippen molar-refractivity contribution in [1.29, 1.82) is 0 Å². The molecule has 0 unspecified atom stereocenters. The Morgan fingerprint density at radius 2 is 2.07 bits per heavy atom. The summed E-state index contributed by atoms with van der Waals surface area (Å²) in [4.78, 5) is 4.17. The maximum absolute atomic E-state index is 12.6. The van der Waals surface area contributed by atoms with E-state index >= 15 is 0 Å². The molecule has 0 atom stereocenters. The van der Waals surface area contributed by atoms with Crippen LogP contribution in [0.3, 0.4) is 0 Å². The Kier molecular flexibility index (Phi) is 2.31. The van der Waals surface area contributed by atoms with Crippen LogP contribution in [0.4, 0.5) is 4.39 Å². The summed E-state index contributed by atoms with van der Waals surface area (Å²) in [5.41, 5.74) is 1.80. The number of hydrogen-bond acceptors (Lipinski definition) is 2. The number of hydrogen-bond donors (Lipinski definition) is 0. The Morgan fingerprint density at radius 1 is 1.36 bits per heavy atom. The van der Waals surface area contributed by atoms with Gasteiger partial charge in [0.1, 0.15) is 12.4 Å². The van der Waals surface area contributed by atoms with Gasteiger partial charge in [-0.1, -0.05) is 12.1 Å². The number of benzene rings is 1. The number of nitrogens with zero attached hydrogens (tertiary/aromatic N) is 1. The summed E-state index contributed by atoms with van der Waals surface area (Å²) < 4.78 is 17.8. The fraction of sp³-hybridized carbons (Fsp3) is 0.182. The fourth-order valence-corrected chi connectivity index (χ4v) is 1.27. The summed E-state index contributed by atoms with van der Waals surface area (Å²) in [6, 6.07) is 6.29. The van der Waals surface area contributed by atoms with Gasteiger partial charge in [-0.05, 0) is 23.8 Å². The molecule has 1 heterocycles. The largest absolute Gasteiger partial charge is 0.474 e. The lowest BCUT2D eigenvalue weighted by Gasteiger charge is -1.94. The van der Waals surface area contributed by atoms with E-state index in [0.717, 1.165) is 11.3 Å². The first kappa shape index (κ1) is 8.94. The highest BCUT2D eigenvalue weighted by molar-refractivity contribution is 5.78. The van der Waals surface area contributed by atoms with Crippen LogP contribution in [0.5, 0.6) is 0 Å². The standard InChI is InChI=1S/C11H10FNO/c1-8-13-11(7-14-8)6-9-2-4-10(12)5-3-9/h2-6H,7H2,1H3. The first-order valence-electron chi connectivity index (χ1n) is 4.38. The number of halogens is 1. The van der Waals surface area contributed by atoms with E-state index in [1.54, 1.807) is 12.1 Å². The molecule has 0 radical (unpaired) electrons. The molecule has 0 saturated carbocycles. The van der Waals surface area contributed by atoms with Crippen LogP contribution < -0.4 is 0 Å². The Balaban J connectivity index is 2.22. The Hall–Kier alpha value is -1.64. The Morgan fingerprint density at radius 3 is 2.64 bits per heavy atom. The second-order valence-electron chi connectivity index (χ2n) is 3.11. The zero-order chi connectivity index (χ0) is 9.97. The molecule has 72 valence electrons. The van der Waals surface area contributed by atoms with Gasteiger partial charge in [0.2, 0.25) is 0 Å². The third-order valence-electron chi connectivity index (χ3n) is 1.93. The molecule has 1 aromatic carbocycles. The Bertz CT molecular complexity index is 392. The molecule has 1 aliphatic heterocycles. The molecule has 3 heteroatoms. The summed E-state index contributed by atoms with van der Waals surface area (Å²) >= 11 is 0. The molecular formula is C11H10FNO. The van der Waals surface area contributed by atoms with Gasteiger partial charge in [-0.15, -0.1) is 0 Å². The molecule has 0 fully saturated rings. The predicted molar refractivity (Wildman–Crippen MR) is 53.4 cm³/mol. The molecule has 0 spiro atoms. The normalized spacial score (nSPS) is 18.1. The van der Waals surface area contributed by atoms with Gasteiger partial charge in [-0.2, -0.15) is 0 Å². The fourth-order valence-electron chi connectivity index (χ4n) is 1.27. The van der Waals surface area contributed by atoms with Crippen molar-refractivity contribution in [3.8, 4) is 0 Å². The Labute approximate surface area is 81.7 Å². The second kappa shape index (κ2) is 3.62. The average molecular weight is 191 g/mol. The molecule has 0 aromatic heterocycles. The van der Waals surface area contributed by atoms with E-state index in [0.29, 0.717) is 12.5 Å². The van der Waals surface area contributed by atoms with E-state index in [9.17, 15) is 4.39 Å². The minimum absolute atomic E-state index is 0.227. The van der Waals surface area contributed by atoms with Crippen molar-refractivity contribution in [2.45, 2.75) is 6.92 Å². The first-order valence-corrected chi connectivity index (χ1v) is 4.38. The highest BCUT2D eigenvalue weighted by atomic mass is 19.1. The molecule has 0 bridgehead atoms. The highest BCUT2D eigenvalue weighted by Gasteiger charge is 2.06. The van der Waals surface area contributed by atoms with Gasteiger partial charge in [0.15, 0.2) is 5.90 Å². The van der Waals surface area contributed by atoms with Crippen LogP contribution in [0.1, 0.15) is 12.5 Å². The number of aliphatic imine (C=N–C) groups is 1. The quantitative estimate of drug-likeness (QED) is 0.668. The zero-order valence-corrected chi connectivity index (χ0v) is 7.83.